The van der Waals surface area contributed by atoms with Crippen LogP contribution in [0, 0.1) is 11.8 Å². The first-order valence-electron chi connectivity index (χ1n) is 6.70. The Morgan fingerprint density at radius 2 is 2.05 bits per heavy atom. The highest BCUT2D eigenvalue weighted by Gasteiger charge is 2.26. The molecule has 0 saturated carbocycles. The van der Waals surface area contributed by atoms with E-state index in [1.54, 1.807) is 6.20 Å². The number of hydrogen-bond acceptors (Lipinski definition) is 4. The minimum Gasteiger partial charge on any atom is -0.308 e. The largest absolute Gasteiger partial charge is 0.308 e. The van der Waals surface area contributed by atoms with E-state index in [1.807, 2.05) is 18.8 Å². The van der Waals surface area contributed by atoms with Gasteiger partial charge in [-0.2, -0.15) is 5.10 Å². The Morgan fingerprint density at radius 3 is 2.53 bits per heavy atom. The van der Waals surface area contributed by atoms with E-state index in [-0.39, 0.29) is 6.04 Å². The van der Waals surface area contributed by atoms with E-state index in [9.17, 15) is 0 Å². The predicted molar refractivity (Wildman–Crippen MR) is 79.9 cm³/mol. The number of hydrazine groups is 1. The molecule has 0 fully saturated rings. The number of nitrogens with one attached hydrogen (secondary N) is 1. The summed E-state index contributed by atoms with van der Waals surface area (Å²) < 4.78 is 1.95. The van der Waals surface area contributed by atoms with Crippen LogP contribution in [-0.4, -0.2) is 35.3 Å². The SMILES string of the molecule is CC(C)C(C)C(NN)c1c(Cl)cnn1CCN(C)C. The molecule has 110 valence electrons. The lowest BCUT2D eigenvalue weighted by Crippen LogP contribution is -2.36. The molecule has 0 aromatic carbocycles. The highest BCUT2D eigenvalue weighted by atomic mass is 35.5. The van der Waals surface area contributed by atoms with Gasteiger partial charge in [0.05, 0.1) is 29.5 Å². The predicted octanol–water partition coefficient (Wildman–Crippen LogP) is 1.89. The number of nitrogens with two attached hydrogens (primary N) is 1. The van der Waals surface area contributed by atoms with E-state index in [1.165, 1.54) is 0 Å². The van der Waals surface area contributed by atoms with Crippen LogP contribution >= 0.6 is 11.6 Å². The third-order valence-corrected chi connectivity index (χ3v) is 3.93. The van der Waals surface area contributed by atoms with Crippen LogP contribution in [0.4, 0.5) is 0 Å². The third kappa shape index (κ3) is 4.18. The van der Waals surface area contributed by atoms with Crippen molar-refractivity contribution in [2.45, 2.75) is 33.4 Å². The van der Waals surface area contributed by atoms with Crippen LogP contribution in [-0.2, 0) is 6.54 Å². The molecule has 5 nitrogen and oxygen atoms in total. The van der Waals surface area contributed by atoms with Gasteiger partial charge in [-0.1, -0.05) is 32.4 Å². The van der Waals surface area contributed by atoms with E-state index in [4.69, 9.17) is 17.4 Å². The molecule has 0 bridgehead atoms. The summed E-state index contributed by atoms with van der Waals surface area (Å²) >= 11 is 6.29. The first-order valence-corrected chi connectivity index (χ1v) is 7.08. The first-order chi connectivity index (χ1) is 8.88. The molecule has 2 atom stereocenters. The molecule has 1 rings (SSSR count). The Morgan fingerprint density at radius 1 is 1.42 bits per heavy atom. The van der Waals surface area contributed by atoms with Gasteiger partial charge in [-0.25, -0.2) is 0 Å². The van der Waals surface area contributed by atoms with Gasteiger partial charge in [0.1, 0.15) is 0 Å². The fourth-order valence-corrected chi connectivity index (χ4v) is 2.28. The van der Waals surface area contributed by atoms with Crippen molar-refractivity contribution >= 4 is 11.6 Å². The van der Waals surface area contributed by atoms with Crippen molar-refractivity contribution in [1.29, 1.82) is 0 Å². The first kappa shape index (κ1) is 16.4. The number of halogens is 1. The molecule has 0 saturated heterocycles. The van der Waals surface area contributed by atoms with E-state index in [0.717, 1.165) is 18.8 Å². The number of nitrogens with zero attached hydrogens (tertiary/aromatic N) is 3. The van der Waals surface area contributed by atoms with Gasteiger partial charge in [-0.15, -0.1) is 0 Å². The van der Waals surface area contributed by atoms with Crippen LogP contribution in [0.2, 0.25) is 5.02 Å². The van der Waals surface area contributed by atoms with Crippen molar-refractivity contribution in [1.82, 2.24) is 20.1 Å². The van der Waals surface area contributed by atoms with Crippen LogP contribution in [0.5, 0.6) is 0 Å². The number of hydrogen-bond donors (Lipinski definition) is 2. The zero-order chi connectivity index (χ0) is 14.6. The van der Waals surface area contributed by atoms with Crippen LogP contribution in [0.3, 0.4) is 0 Å². The van der Waals surface area contributed by atoms with Crippen molar-refractivity contribution in [2.75, 3.05) is 20.6 Å². The van der Waals surface area contributed by atoms with Crippen LogP contribution in [0.15, 0.2) is 6.20 Å². The van der Waals surface area contributed by atoms with Gasteiger partial charge in [-0.05, 0) is 25.9 Å². The Balaban J connectivity index is 2.99. The number of likely N-dealkylation sites (N-methyl/N-ethyl adjacent to an activating group) is 1. The summed E-state index contributed by atoms with van der Waals surface area (Å²) in [4.78, 5) is 2.12. The summed E-state index contributed by atoms with van der Waals surface area (Å²) in [5, 5.41) is 5.04. The topological polar surface area (TPSA) is 59.1 Å². The molecular weight excluding hydrogens is 262 g/mol. The molecule has 6 heteroatoms. The lowest BCUT2D eigenvalue weighted by Gasteiger charge is -2.27. The number of aromatic nitrogens is 2. The Labute approximate surface area is 121 Å². The Bertz CT molecular complexity index is 388. The molecule has 0 radical (unpaired) electrons. The molecule has 1 aromatic heterocycles. The normalized spacial score (nSPS) is 15.2. The molecule has 19 heavy (non-hydrogen) atoms. The van der Waals surface area contributed by atoms with Crippen molar-refractivity contribution in [3.8, 4) is 0 Å². The minimum absolute atomic E-state index is 0.0113. The van der Waals surface area contributed by atoms with Crippen molar-refractivity contribution in [3.05, 3.63) is 16.9 Å². The molecule has 2 unspecified atom stereocenters. The second-order valence-corrected chi connectivity index (χ2v) is 6.06. The van der Waals surface area contributed by atoms with Crippen LogP contribution in [0.25, 0.3) is 0 Å². The Hall–Kier alpha value is -0.620. The number of rotatable bonds is 7. The fraction of sp³-hybridized carbons (Fsp3) is 0.769. The summed E-state index contributed by atoms with van der Waals surface area (Å²) in [6.45, 7) is 8.26. The lowest BCUT2D eigenvalue weighted by atomic mass is 9.89. The quantitative estimate of drug-likeness (QED) is 0.594. The maximum absolute atomic E-state index is 6.29. The monoisotopic (exact) mass is 287 g/mol. The highest BCUT2D eigenvalue weighted by molar-refractivity contribution is 6.31. The summed E-state index contributed by atoms with van der Waals surface area (Å²) in [5.41, 5.74) is 3.87. The fourth-order valence-electron chi connectivity index (χ4n) is 2.02. The molecule has 0 aliphatic rings. The smallest absolute Gasteiger partial charge is 0.0834 e. The minimum atomic E-state index is 0.0113. The second kappa shape index (κ2) is 7.24. The highest BCUT2D eigenvalue weighted by Crippen LogP contribution is 2.31. The van der Waals surface area contributed by atoms with Crippen LogP contribution < -0.4 is 11.3 Å². The maximum Gasteiger partial charge on any atom is 0.0834 e. The van der Waals surface area contributed by atoms with Gasteiger partial charge in [0.2, 0.25) is 0 Å². The third-order valence-electron chi connectivity index (χ3n) is 3.64. The van der Waals surface area contributed by atoms with Crippen molar-refractivity contribution in [2.24, 2.45) is 17.7 Å². The zero-order valence-electron chi connectivity index (χ0n) is 12.5. The standard InChI is InChI=1S/C13H26ClN5/c1-9(2)10(3)12(17-15)13-11(14)8-16-19(13)7-6-18(4)5/h8-10,12,17H,6-7,15H2,1-5H3. The average Bonchev–Trinajstić information content (AvgIpc) is 2.69. The van der Waals surface area contributed by atoms with E-state index >= 15 is 0 Å². The van der Waals surface area contributed by atoms with Crippen LogP contribution in [0.1, 0.15) is 32.5 Å². The zero-order valence-corrected chi connectivity index (χ0v) is 13.3. The molecule has 3 N–H and O–H groups in total. The molecule has 1 heterocycles. The average molecular weight is 288 g/mol. The Kier molecular flexibility index (Phi) is 6.26. The van der Waals surface area contributed by atoms with Gasteiger partial charge in [-0.3, -0.25) is 16.0 Å². The summed E-state index contributed by atoms with van der Waals surface area (Å²) in [6, 6.07) is 0.0113. The molecular formula is C13H26ClN5. The summed E-state index contributed by atoms with van der Waals surface area (Å²) in [5.74, 6) is 6.62. The molecule has 0 aliphatic heterocycles. The molecule has 1 aromatic rings. The molecule has 0 amide bonds. The van der Waals surface area contributed by atoms with Gasteiger partial charge in [0.25, 0.3) is 0 Å². The molecule has 0 aliphatic carbocycles. The van der Waals surface area contributed by atoms with Gasteiger partial charge >= 0.3 is 0 Å². The van der Waals surface area contributed by atoms with Gasteiger partial charge in [0, 0.05) is 6.54 Å². The second-order valence-electron chi connectivity index (χ2n) is 5.65. The van der Waals surface area contributed by atoms with Crippen molar-refractivity contribution < 1.29 is 0 Å². The summed E-state index contributed by atoms with van der Waals surface area (Å²) in [6.07, 6.45) is 1.70. The van der Waals surface area contributed by atoms with Gasteiger partial charge < -0.3 is 4.90 Å². The van der Waals surface area contributed by atoms with Gasteiger partial charge in [0.15, 0.2) is 0 Å². The molecule has 0 spiro atoms. The van der Waals surface area contributed by atoms with E-state index in [2.05, 4.69) is 36.2 Å². The van der Waals surface area contributed by atoms with E-state index in [0.29, 0.717) is 16.9 Å². The lowest BCUT2D eigenvalue weighted by molar-refractivity contribution is 0.285. The van der Waals surface area contributed by atoms with Crippen molar-refractivity contribution in [3.63, 3.8) is 0 Å². The van der Waals surface area contributed by atoms with E-state index < -0.39 is 0 Å². The maximum atomic E-state index is 6.29. The summed E-state index contributed by atoms with van der Waals surface area (Å²) in [7, 11) is 4.08.